The fraction of sp³-hybridized carbons (Fsp3) is 0.0800. The number of nitrogens with zero attached hydrogens (tertiary/aromatic N) is 5. The Morgan fingerprint density at radius 1 is 0.943 bits per heavy atom. The summed E-state index contributed by atoms with van der Waals surface area (Å²) in [6, 6.07) is 9.70. The van der Waals surface area contributed by atoms with Crippen molar-refractivity contribution in [3.05, 3.63) is 78.5 Å². The first kappa shape index (κ1) is 21.0. The molecule has 4 aromatic heterocycles. The Morgan fingerprint density at radius 3 is 2.63 bits per heavy atom. The monoisotopic (exact) mass is 468 g/mol. The van der Waals surface area contributed by atoms with Gasteiger partial charge >= 0.3 is 0 Å². The van der Waals surface area contributed by atoms with Crippen molar-refractivity contribution >= 4 is 21.9 Å². The summed E-state index contributed by atoms with van der Waals surface area (Å²) >= 11 is 0. The Labute approximate surface area is 197 Å². The molecule has 0 spiro atoms. The SMILES string of the molecule is CNCc1cc(F)cc(-c2nccc3[nH]c(-c4n[nH]c5cc(F)c(-c6cncnc6)cc45)nc23)c1. The van der Waals surface area contributed by atoms with Crippen LogP contribution in [0.15, 0.2) is 61.3 Å². The molecule has 0 amide bonds. The van der Waals surface area contributed by atoms with E-state index in [2.05, 4.69) is 35.5 Å². The fourth-order valence-corrected chi connectivity index (χ4v) is 4.23. The molecule has 172 valence electrons. The molecular formula is C25H18F2N8. The lowest BCUT2D eigenvalue weighted by Crippen LogP contribution is -2.05. The van der Waals surface area contributed by atoms with E-state index in [1.165, 1.54) is 24.5 Å². The van der Waals surface area contributed by atoms with Gasteiger partial charge in [0.2, 0.25) is 0 Å². The first-order valence-corrected chi connectivity index (χ1v) is 10.8. The van der Waals surface area contributed by atoms with Crippen molar-refractivity contribution in [2.75, 3.05) is 7.05 Å². The highest BCUT2D eigenvalue weighted by atomic mass is 19.1. The third kappa shape index (κ3) is 3.69. The second kappa shape index (κ2) is 8.33. The maximum atomic E-state index is 14.8. The number of rotatable bonds is 5. The van der Waals surface area contributed by atoms with Crippen LogP contribution in [0.2, 0.25) is 0 Å². The molecule has 6 aromatic rings. The molecule has 0 bridgehead atoms. The number of halogens is 2. The van der Waals surface area contributed by atoms with Gasteiger partial charge in [-0.05, 0) is 42.9 Å². The largest absolute Gasteiger partial charge is 0.336 e. The van der Waals surface area contributed by atoms with Crippen LogP contribution < -0.4 is 5.32 Å². The van der Waals surface area contributed by atoms with Crippen LogP contribution in [-0.4, -0.2) is 42.2 Å². The molecule has 0 saturated carbocycles. The lowest BCUT2D eigenvalue weighted by atomic mass is 10.0. The van der Waals surface area contributed by atoms with Gasteiger partial charge in [-0.2, -0.15) is 5.10 Å². The van der Waals surface area contributed by atoms with Gasteiger partial charge in [0.15, 0.2) is 5.82 Å². The van der Waals surface area contributed by atoms with Gasteiger partial charge in [-0.1, -0.05) is 0 Å². The van der Waals surface area contributed by atoms with Crippen molar-refractivity contribution in [1.82, 2.24) is 40.4 Å². The molecule has 0 radical (unpaired) electrons. The van der Waals surface area contributed by atoms with Crippen LogP contribution in [0, 0.1) is 11.6 Å². The minimum Gasteiger partial charge on any atom is -0.336 e. The molecule has 0 saturated heterocycles. The number of pyridine rings is 1. The van der Waals surface area contributed by atoms with Crippen molar-refractivity contribution in [2.45, 2.75) is 6.54 Å². The molecule has 0 aliphatic rings. The van der Waals surface area contributed by atoms with E-state index in [0.29, 0.717) is 56.9 Å². The maximum Gasteiger partial charge on any atom is 0.159 e. The van der Waals surface area contributed by atoms with E-state index in [0.717, 1.165) is 11.1 Å². The standard InChI is InChI=1S/C25H18F2N8/c1-28-9-13-4-14(6-16(26)5-13)22-24-20(2-3-31-22)32-25(33-24)23-18-7-17(15-10-29-12-30-11-15)19(27)8-21(18)34-35-23/h2-8,10-12,28H,9H2,1H3,(H,32,33)(H,34,35). The Kier molecular flexibility index (Phi) is 5.00. The molecule has 8 nitrogen and oxygen atoms in total. The Bertz CT molecular complexity index is 1690. The van der Waals surface area contributed by atoms with Gasteiger partial charge in [0, 0.05) is 53.3 Å². The summed E-state index contributed by atoms with van der Waals surface area (Å²) in [4.78, 5) is 20.5. The molecule has 0 aliphatic carbocycles. The molecule has 2 aromatic carbocycles. The highest BCUT2D eigenvalue weighted by molar-refractivity contribution is 5.97. The molecule has 6 rings (SSSR count). The molecular weight excluding hydrogens is 450 g/mol. The van der Waals surface area contributed by atoms with Gasteiger partial charge < -0.3 is 10.3 Å². The van der Waals surface area contributed by atoms with Crippen molar-refractivity contribution < 1.29 is 8.78 Å². The second-order valence-electron chi connectivity index (χ2n) is 8.10. The molecule has 0 atom stereocenters. The quantitative estimate of drug-likeness (QED) is 0.341. The molecule has 35 heavy (non-hydrogen) atoms. The normalized spacial score (nSPS) is 11.5. The fourth-order valence-electron chi connectivity index (χ4n) is 4.23. The predicted octanol–water partition coefficient (Wildman–Crippen LogP) is 4.62. The lowest BCUT2D eigenvalue weighted by Gasteiger charge is -2.06. The summed E-state index contributed by atoms with van der Waals surface area (Å²) in [5, 5.41) is 11.0. The Morgan fingerprint density at radius 2 is 1.80 bits per heavy atom. The van der Waals surface area contributed by atoms with E-state index in [9.17, 15) is 8.78 Å². The molecule has 10 heteroatoms. The first-order valence-electron chi connectivity index (χ1n) is 10.8. The van der Waals surface area contributed by atoms with Gasteiger partial charge in [0.05, 0.1) is 16.7 Å². The number of hydrogen-bond acceptors (Lipinski definition) is 6. The van der Waals surface area contributed by atoms with Gasteiger partial charge in [-0.25, -0.2) is 23.7 Å². The van der Waals surface area contributed by atoms with Crippen LogP contribution in [0.3, 0.4) is 0 Å². The number of imidazole rings is 1. The van der Waals surface area contributed by atoms with Gasteiger partial charge in [-0.3, -0.25) is 10.1 Å². The van der Waals surface area contributed by atoms with Crippen LogP contribution in [0.1, 0.15) is 5.56 Å². The van der Waals surface area contributed by atoms with E-state index >= 15 is 0 Å². The summed E-state index contributed by atoms with van der Waals surface area (Å²) in [5.41, 5.74) is 5.24. The Hall–Kier alpha value is -4.57. The predicted molar refractivity (Wildman–Crippen MR) is 128 cm³/mol. The lowest BCUT2D eigenvalue weighted by molar-refractivity contribution is 0.624. The van der Waals surface area contributed by atoms with E-state index in [1.807, 2.05) is 6.07 Å². The molecule has 0 aliphatic heterocycles. The third-order valence-corrected chi connectivity index (χ3v) is 5.76. The second-order valence-corrected chi connectivity index (χ2v) is 8.10. The zero-order chi connectivity index (χ0) is 23.9. The van der Waals surface area contributed by atoms with Crippen LogP contribution >= 0.6 is 0 Å². The number of fused-ring (bicyclic) bond motifs is 2. The zero-order valence-corrected chi connectivity index (χ0v) is 18.5. The third-order valence-electron chi connectivity index (χ3n) is 5.76. The van der Waals surface area contributed by atoms with Crippen LogP contribution in [0.25, 0.3) is 55.8 Å². The van der Waals surface area contributed by atoms with E-state index in [1.54, 1.807) is 37.8 Å². The molecule has 3 N–H and O–H groups in total. The van der Waals surface area contributed by atoms with Crippen molar-refractivity contribution in [2.24, 2.45) is 0 Å². The summed E-state index contributed by atoms with van der Waals surface area (Å²) in [7, 11) is 1.81. The summed E-state index contributed by atoms with van der Waals surface area (Å²) in [6.07, 6.45) is 6.15. The maximum absolute atomic E-state index is 14.8. The summed E-state index contributed by atoms with van der Waals surface area (Å²) < 4.78 is 29.1. The Balaban J connectivity index is 1.50. The van der Waals surface area contributed by atoms with Crippen molar-refractivity contribution in [1.29, 1.82) is 0 Å². The van der Waals surface area contributed by atoms with Crippen LogP contribution in [0.5, 0.6) is 0 Å². The number of aromatic nitrogens is 7. The average Bonchev–Trinajstić information content (AvgIpc) is 3.47. The summed E-state index contributed by atoms with van der Waals surface area (Å²) in [5.74, 6) is -0.281. The number of H-pyrrole nitrogens is 2. The zero-order valence-electron chi connectivity index (χ0n) is 18.5. The van der Waals surface area contributed by atoms with E-state index < -0.39 is 5.82 Å². The van der Waals surface area contributed by atoms with Crippen molar-refractivity contribution in [3.8, 4) is 33.9 Å². The minimum atomic E-state index is -0.415. The average molecular weight is 468 g/mol. The van der Waals surface area contributed by atoms with Gasteiger partial charge in [-0.15, -0.1) is 0 Å². The van der Waals surface area contributed by atoms with Crippen molar-refractivity contribution in [3.63, 3.8) is 0 Å². The molecule has 0 unspecified atom stereocenters. The number of aromatic amines is 2. The molecule has 4 heterocycles. The van der Waals surface area contributed by atoms with Crippen LogP contribution in [0.4, 0.5) is 8.78 Å². The van der Waals surface area contributed by atoms with E-state index in [4.69, 9.17) is 4.98 Å². The molecule has 0 fully saturated rings. The number of hydrogen-bond donors (Lipinski definition) is 3. The first-order chi connectivity index (χ1) is 17.1. The van der Waals surface area contributed by atoms with Gasteiger partial charge in [0.25, 0.3) is 0 Å². The van der Waals surface area contributed by atoms with Crippen LogP contribution in [-0.2, 0) is 6.54 Å². The summed E-state index contributed by atoms with van der Waals surface area (Å²) in [6.45, 7) is 0.525. The van der Waals surface area contributed by atoms with E-state index in [-0.39, 0.29) is 5.82 Å². The number of benzene rings is 2. The highest BCUT2D eigenvalue weighted by Gasteiger charge is 2.18. The smallest absolute Gasteiger partial charge is 0.159 e. The highest BCUT2D eigenvalue weighted by Crippen LogP contribution is 2.33. The van der Waals surface area contributed by atoms with Gasteiger partial charge in [0.1, 0.15) is 29.2 Å². The minimum absolute atomic E-state index is 0.347. The number of nitrogens with one attached hydrogen (secondary N) is 3. The topological polar surface area (TPSA) is 108 Å².